The number of carbonyl (C=O) groups excluding carboxylic acids is 2. The van der Waals surface area contributed by atoms with E-state index < -0.39 is 0 Å². The van der Waals surface area contributed by atoms with E-state index in [0.29, 0.717) is 19.4 Å². The first-order valence-corrected chi connectivity index (χ1v) is 6.83. The summed E-state index contributed by atoms with van der Waals surface area (Å²) in [6, 6.07) is 0.212. The average molecular weight is 255 g/mol. The van der Waals surface area contributed by atoms with Crippen LogP contribution in [0.15, 0.2) is 0 Å². The largest absolute Gasteiger partial charge is 0.352 e. The molecule has 1 fully saturated rings. The topological polar surface area (TPSA) is 61.4 Å². The maximum atomic E-state index is 11.7. The summed E-state index contributed by atoms with van der Waals surface area (Å²) >= 11 is 0. The molecule has 1 rings (SSSR count). The van der Waals surface area contributed by atoms with Crippen LogP contribution in [0.1, 0.15) is 40.0 Å². The standard InChI is InChI=1S/C13H25N3O2/c1-4-14-10(2)8-12(17)15-11(3)9-16-7-5-6-13(16)18/h10-11,14H,4-9H2,1-3H3,(H,15,17). The Morgan fingerprint density at radius 1 is 1.39 bits per heavy atom. The first-order chi connectivity index (χ1) is 8.52. The van der Waals surface area contributed by atoms with Gasteiger partial charge in [0.05, 0.1) is 0 Å². The normalized spacial score (nSPS) is 18.8. The van der Waals surface area contributed by atoms with E-state index in [1.54, 1.807) is 0 Å². The van der Waals surface area contributed by atoms with Gasteiger partial charge in [0.2, 0.25) is 11.8 Å². The Kier molecular flexibility index (Phi) is 6.12. The van der Waals surface area contributed by atoms with Crippen LogP contribution in [-0.4, -0.2) is 48.4 Å². The maximum absolute atomic E-state index is 11.7. The Balaban J connectivity index is 2.24. The van der Waals surface area contributed by atoms with Crippen molar-refractivity contribution in [3.8, 4) is 0 Å². The minimum Gasteiger partial charge on any atom is -0.352 e. The van der Waals surface area contributed by atoms with Gasteiger partial charge in [0.25, 0.3) is 0 Å². The van der Waals surface area contributed by atoms with Gasteiger partial charge < -0.3 is 15.5 Å². The Hall–Kier alpha value is -1.10. The second-order valence-corrected chi connectivity index (χ2v) is 5.07. The number of nitrogens with one attached hydrogen (secondary N) is 2. The zero-order valence-electron chi connectivity index (χ0n) is 11.7. The molecule has 5 heteroatoms. The fourth-order valence-corrected chi connectivity index (χ4v) is 2.31. The molecule has 0 aromatic carbocycles. The van der Waals surface area contributed by atoms with Crippen molar-refractivity contribution < 1.29 is 9.59 Å². The Morgan fingerprint density at radius 3 is 2.67 bits per heavy atom. The van der Waals surface area contributed by atoms with Crippen LogP contribution in [0.25, 0.3) is 0 Å². The highest BCUT2D eigenvalue weighted by Gasteiger charge is 2.22. The molecule has 2 unspecified atom stereocenters. The molecule has 1 aliphatic rings. The van der Waals surface area contributed by atoms with Crippen LogP contribution in [0.5, 0.6) is 0 Å². The Labute approximate surface area is 109 Å². The van der Waals surface area contributed by atoms with Crippen molar-refractivity contribution in [1.82, 2.24) is 15.5 Å². The Morgan fingerprint density at radius 2 is 2.11 bits per heavy atom. The van der Waals surface area contributed by atoms with Crippen LogP contribution in [0.2, 0.25) is 0 Å². The predicted molar refractivity (Wildman–Crippen MR) is 71.2 cm³/mol. The Bertz CT molecular complexity index is 294. The van der Waals surface area contributed by atoms with Gasteiger partial charge in [-0.1, -0.05) is 6.92 Å². The summed E-state index contributed by atoms with van der Waals surface area (Å²) < 4.78 is 0. The van der Waals surface area contributed by atoms with Crippen LogP contribution >= 0.6 is 0 Å². The molecule has 0 aromatic rings. The molecule has 1 aliphatic heterocycles. The average Bonchev–Trinajstić information content (AvgIpc) is 2.64. The second kappa shape index (κ2) is 7.36. The minimum atomic E-state index is 0.0216. The number of carbonyl (C=O) groups is 2. The van der Waals surface area contributed by atoms with Gasteiger partial charge >= 0.3 is 0 Å². The van der Waals surface area contributed by atoms with Crippen molar-refractivity contribution in [3.05, 3.63) is 0 Å². The molecular weight excluding hydrogens is 230 g/mol. The summed E-state index contributed by atoms with van der Waals surface area (Å²) in [5.41, 5.74) is 0. The van der Waals surface area contributed by atoms with Crippen molar-refractivity contribution in [2.75, 3.05) is 19.6 Å². The highest BCUT2D eigenvalue weighted by molar-refractivity contribution is 5.79. The van der Waals surface area contributed by atoms with Crippen LogP contribution < -0.4 is 10.6 Å². The molecule has 2 N–H and O–H groups in total. The van der Waals surface area contributed by atoms with E-state index in [1.807, 2.05) is 25.7 Å². The molecule has 0 spiro atoms. The van der Waals surface area contributed by atoms with Gasteiger partial charge in [-0.2, -0.15) is 0 Å². The summed E-state index contributed by atoms with van der Waals surface area (Å²) in [4.78, 5) is 25.0. The third-order valence-corrected chi connectivity index (χ3v) is 3.12. The molecule has 0 aliphatic carbocycles. The number of amides is 2. The minimum absolute atomic E-state index is 0.0216. The third kappa shape index (κ3) is 5.04. The lowest BCUT2D eigenvalue weighted by molar-refractivity contribution is -0.129. The summed E-state index contributed by atoms with van der Waals surface area (Å²) in [6.45, 7) is 8.29. The van der Waals surface area contributed by atoms with Crippen molar-refractivity contribution in [2.45, 2.75) is 52.1 Å². The lowest BCUT2D eigenvalue weighted by atomic mass is 10.2. The predicted octanol–water partition coefficient (Wildman–Crippen LogP) is 0.502. The fourth-order valence-electron chi connectivity index (χ4n) is 2.31. The first-order valence-electron chi connectivity index (χ1n) is 6.83. The van der Waals surface area contributed by atoms with E-state index >= 15 is 0 Å². The quantitative estimate of drug-likeness (QED) is 0.696. The van der Waals surface area contributed by atoms with E-state index in [2.05, 4.69) is 10.6 Å². The summed E-state index contributed by atoms with van der Waals surface area (Å²) in [5.74, 6) is 0.250. The maximum Gasteiger partial charge on any atom is 0.222 e. The third-order valence-electron chi connectivity index (χ3n) is 3.12. The number of likely N-dealkylation sites (tertiary alicyclic amines) is 1. The van der Waals surface area contributed by atoms with Gasteiger partial charge in [0.1, 0.15) is 0 Å². The van der Waals surface area contributed by atoms with Gasteiger partial charge in [-0.3, -0.25) is 9.59 Å². The first kappa shape index (κ1) is 15.0. The molecule has 0 aromatic heterocycles. The molecule has 104 valence electrons. The van der Waals surface area contributed by atoms with Gasteiger partial charge in [-0.05, 0) is 26.8 Å². The summed E-state index contributed by atoms with van der Waals surface area (Å²) in [7, 11) is 0. The van der Waals surface area contributed by atoms with E-state index in [-0.39, 0.29) is 23.9 Å². The monoisotopic (exact) mass is 255 g/mol. The van der Waals surface area contributed by atoms with E-state index in [9.17, 15) is 9.59 Å². The highest BCUT2D eigenvalue weighted by Crippen LogP contribution is 2.09. The molecular formula is C13H25N3O2. The number of nitrogens with zero attached hydrogens (tertiary/aromatic N) is 1. The smallest absolute Gasteiger partial charge is 0.222 e. The van der Waals surface area contributed by atoms with Crippen molar-refractivity contribution in [1.29, 1.82) is 0 Å². The van der Waals surface area contributed by atoms with E-state index in [0.717, 1.165) is 19.5 Å². The van der Waals surface area contributed by atoms with Crippen LogP contribution in [-0.2, 0) is 9.59 Å². The van der Waals surface area contributed by atoms with Gasteiger partial charge in [0, 0.05) is 38.0 Å². The van der Waals surface area contributed by atoms with E-state index in [1.165, 1.54) is 0 Å². The number of rotatable bonds is 7. The van der Waals surface area contributed by atoms with Crippen LogP contribution in [0.3, 0.4) is 0 Å². The van der Waals surface area contributed by atoms with Crippen molar-refractivity contribution >= 4 is 11.8 Å². The molecule has 0 saturated carbocycles. The fraction of sp³-hybridized carbons (Fsp3) is 0.846. The highest BCUT2D eigenvalue weighted by atomic mass is 16.2. The molecule has 2 atom stereocenters. The lowest BCUT2D eigenvalue weighted by Gasteiger charge is -2.22. The van der Waals surface area contributed by atoms with Gasteiger partial charge in [0.15, 0.2) is 0 Å². The molecule has 0 radical (unpaired) electrons. The van der Waals surface area contributed by atoms with Gasteiger partial charge in [-0.15, -0.1) is 0 Å². The zero-order chi connectivity index (χ0) is 13.5. The van der Waals surface area contributed by atoms with Gasteiger partial charge in [-0.25, -0.2) is 0 Å². The molecule has 18 heavy (non-hydrogen) atoms. The SMILES string of the molecule is CCNC(C)CC(=O)NC(C)CN1CCCC1=O. The number of hydrogen-bond acceptors (Lipinski definition) is 3. The molecule has 2 amide bonds. The second-order valence-electron chi connectivity index (χ2n) is 5.07. The number of hydrogen-bond donors (Lipinski definition) is 2. The molecule has 0 bridgehead atoms. The van der Waals surface area contributed by atoms with Crippen molar-refractivity contribution in [3.63, 3.8) is 0 Å². The molecule has 5 nitrogen and oxygen atoms in total. The van der Waals surface area contributed by atoms with Crippen LogP contribution in [0.4, 0.5) is 0 Å². The summed E-state index contributed by atoms with van der Waals surface area (Å²) in [6.07, 6.45) is 2.07. The summed E-state index contributed by atoms with van der Waals surface area (Å²) in [5, 5.41) is 6.15. The van der Waals surface area contributed by atoms with E-state index in [4.69, 9.17) is 0 Å². The van der Waals surface area contributed by atoms with Crippen molar-refractivity contribution in [2.24, 2.45) is 0 Å². The lowest BCUT2D eigenvalue weighted by Crippen LogP contribution is -2.44. The molecule has 1 saturated heterocycles. The van der Waals surface area contributed by atoms with Crippen LogP contribution in [0, 0.1) is 0 Å². The zero-order valence-corrected chi connectivity index (χ0v) is 11.7. The molecule has 1 heterocycles.